The zero-order valence-corrected chi connectivity index (χ0v) is 27.1. The topological polar surface area (TPSA) is 51.6 Å². The monoisotopic (exact) mass is 648 g/mol. The molecule has 0 spiro atoms. The fraction of sp³-hybridized carbons (Fsp3) is 0. The minimum atomic E-state index is 0.625. The first kappa shape index (κ1) is 27.3. The summed E-state index contributed by atoms with van der Waals surface area (Å²) in [7, 11) is 0. The molecule has 10 aromatic rings. The molecular weight excluding hydrogens is 625 g/mol. The van der Waals surface area contributed by atoms with Gasteiger partial charge in [0.15, 0.2) is 17.5 Å². The van der Waals surface area contributed by atoms with Gasteiger partial charge in [0.25, 0.3) is 0 Å². The largest absolute Gasteiger partial charge is 0.235 e. The molecule has 48 heavy (non-hydrogen) atoms. The second-order valence-electron chi connectivity index (χ2n) is 11.8. The molecule has 0 atom stereocenters. The van der Waals surface area contributed by atoms with Gasteiger partial charge in [-0.05, 0) is 39.7 Å². The fourth-order valence-corrected chi connectivity index (χ4v) is 9.01. The van der Waals surface area contributed by atoms with Crippen molar-refractivity contribution in [2.75, 3.05) is 0 Å². The maximum Gasteiger partial charge on any atom is 0.167 e. The van der Waals surface area contributed by atoms with Gasteiger partial charge in [-0.25, -0.2) is 19.9 Å². The predicted molar refractivity (Wildman–Crippen MR) is 203 cm³/mol. The SMILES string of the molecule is c1ccc(-c2nc(-c3cc4ccccc4c4ccccc34)nc(-c3c4nc(-c5ccccc5)sc4cc4sc5ccccc5c34)n2)cc1. The Morgan fingerprint density at radius 3 is 1.83 bits per heavy atom. The fourth-order valence-electron chi connectivity index (χ4n) is 6.76. The van der Waals surface area contributed by atoms with Crippen LogP contribution in [0.4, 0.5) is 0 Å². The van der Waals surface area contributed by atoms with Gasteiger partial charge in [0.2, 0.25) is 0 Å². The van der Waals surface area contributed by atoms with E-state index in [4.69, 9.17) is 19.9 Å². The lowest BCUT2D eigenvalue weighted by atomic mass is 9.96. The molecule has 0 radical (unpaired) electrons. The number of fused-ring (bicyclic) bond motifs is 7. The van der Waals surface area contributed by atoms with Gasteiger partial charge in [-0.2, -0.15) is 0 Å². The van der Waals surface area contributed by atoms with Gasteiger partial charge in [-0.15, -0.1) is 22.7 Å². The minimum absolute atomic E-state index is 0.625. The number of hydrogen-bond donors (Lipinski definition) is 0. The van der Waals surface area contributed by atoms with E-state index in [1.54, 1.807) is 22.7 Å². The van der Waals surface area contributed by atoms with Crippen molar-refractivity contribution in [3.05, 3.63) is 146 Å². The van der Waals surface area contributed by atoms with Crippen molar-refractivity contribution < 1.29 is 0 Å². The molecule has 0 amide bonds. The van der Waals surface area contributed by atoms with E-state index >= 15 is 0 Å². The van der Waals surface area contributed by atoms with Crippen molar-refractivity contribution >= 4 is 74.6 Å². The highest BCUT2D eigenvalue weighted by molar-refractivity contribution is 7.27. The Bertz CT molecular complexity index is 2840. The second-order valence-corrected chi connectivity index (χ2v) is 13.9. The predicted octanol–water partition coefficient (Wildman–Crippen LogP) is 11.8. The van der Waals surface area contributed by atoms with Gasteiger partial charge in [0.05, 0.1) is 15.8 Å². The van der Waals surface area contributed by atoms with Gasteiger partial charge in [0.1, 0.15) is 5.01 Å². The molecule has 0 saturated heterocycles. The summed E-state index contributed by atoms with van der Waals surface area (Å²) in [4.78, 5) is 21.1. The lowest BCUT2D eigenvalue weighted by molar-refractivity contribution is 1.08. The Morgan fingerprint density at radius 2 is 1.02 bits per heavy atom. The summed E-state index contributed by atoms with van der Waals surface area (Å²) in [5, 5.41) is 7.93. The van der Waals surface area contributed by atoms with Crippen LogP contribution < -0.4 is 0 Å². The summed E-state index contributed by atoms with van der Waals surface area (Å²) >= 11 is 3.52. The standard InChI is InChI=1S/C42H24N4S2/c1-3-13-25(14-4-1)39-44-40(32-23-27-17-7-8-18-28(27)29-19-9-10-20-30(29)32)46-41(45-39)37-36-31-21-11-12-22-33(31)47-34(36)24-35-38(37)43-42(48-35)26-15-5-2-6-16-26/h1-24H. The van der Waals surface area contributed by atoms with Crippen molar-refractivity contribution in [1.29, 1.82) is 0 Å². The van der Waals surface area contributed by atoms with E-state index < -0.39 is 0 Å². The summed E-state index contributed by atoms with van der Waals surface area (Å²) < 4.78 is 3.54. The van der Waals surface area contributed by atoms with Gasteiger partial charge in [0, 0.05) is 36.9 Å². The molecule has 0 N–H and O–H groups in total. The normalized spacial score (nSPS) is 11.8. The Balaban J connectivity index is 1.34. The highest BCUT2D eigenvalue weighted by atomic mass is 32.1. The molecule has 0 fully saturated rings. The number of thiazole rings is 1. The molecule has 3 aromatic heterocycles. The molecule has 224 valence electrons. The first-order valence-corrected chi connectivity index (χ1v) is 17.4. The van der Waals surface area contributed by atoms with Crippen molar-refractivity contribution in [1.82, 2.24) is 19.9 Å². The summed E-state index contributed by atoms with van der Waals surface area (Å²) in [5.41, 5.74) is 4.88. The van der Waals surface area contributed by atoms with E-state index in [0.717, 1.165) is 53.6 Å². The molecular formula is C42H24N4S2. The van der Waals surface area contributed by atoms with Crippen molar-refractivity contribution in [2.45, 2.75) is 0 Å². The van der Waals surface area contributed by atoms with Crippen LogP contribution in [0, 0.1) is 0 Å². The average Bonchev–Trinajstić information content (AvgIpc) is 3.75. The second kappa shape index (κ2) is 10.9. The van der Waals surface area contributed by atoms with Gasteiger partial charge >= 0.3 is 0 Å². The first-order chi connectivity index (χ1) is 23.8. The molecule has 0 aliphatic carbocycles. The Labute approximate surface area is 283 Å². The van der Waals surface area contributed by atoms with E-state index in [1.165, 1.54) is 25.6 Å². The van der Waals surface area contributed by atoms with Crippen molar-refractivity contribution in [3.63, 3.8) is 0 Å². The van der Waals surface area contributed by atoms with Crippen LogP contribution in [0.15, 0.2) is 146 Å². The van der Waals surface area contributed by atoms with E-state index in [0.29, 0.717) is 17.5 Å². The summed E-state index contributed by atoms with van der Waals surface area (Å²) in [6.07, 6.45) is 0. The zero-order chi connectivity index (χ0) is 31.6. The number of benzene rings is 7. The van der Waals surface area contributed by atoms with Crippen LogP contribution in [0.3, 0.4) is 0 Å². The molecule has 4 nitrogen and oxygen atoms in total. The Morgan fingerprint density at radius 1 is 0.396 bits per heavy atom. The summed E-state index contributed by atoms with van der Waals surface area (Å²) in [6, 6.07) is 50.8. The van der Waals surface area contributed by atoms with Crippen LogP contribution in [0.1, 0.15) is 0 Å². The van der Waals surface area contributed by atoms with Gasteiger partial charge in [-0.1, -0.05) is 127 Å². The molecule has 0 bridgehead atoms. The quantitative estimate of drug-likeness (QED) is 0.178. The van der Waals surface area contributed by atoms with E-state index in [9.17, 15) is 0 Å². The van der Waals surface area contributed by atoms with Crippen LogP contribution in [0.5, 0.6) is 0 Å². The molecule has 0 unspecified atom stereocenters. The zero-order valence-electron chi connectivity index (χ0n) is 25.5. The summed E-state index contributed by atoms with van der Waals surface area (Å²) in [5.74, 6) is 1.90. The molecule has 6 heteroatoms. The maximum absolute atomic E-state index is 5.37. The van der Waals surface area contributed by atoms with Crippen LogP contribution in [0.25, 0.3) is 96.7 Å². The number of thiophene rings is 1. The van der Waals surface area contributed by atoms with E-state index in [2.05, 4.69) is 121 Å². The number of aromatic nitrogens is 4. The average molecular weight is 649 g/mol. The highest BCUT2D eigenvalue weighted by Crippen LogP contribution is 2.46. The first-order valence-electron chi connectivity index (χ1n) is 15.8. The Hall–Kier alpha value is -5.82. The smallest absolute Gasteiger partial charge is 0.167 e. The third kappa shape index (κ3) is 4.34. The van der Waals surface area contributed by atoms with Gasteiger partial charge < -0.3 is 0 Å². The van der Waals surface area contributed by atoms with Crippen molar-refractivity contribution in [3.8, 4) is 44.7 Å². The third-order valence-corrected chi connectivity index (χ3v) is 11.1. The minimum Gasteiger partial charge on any atom is -0.235 e. The van der Waals surface area contributed by atoms with Crippen LogP contribution in [0.2, 0.25) is 0 Å². The number of rotatable bonds is 4. The lowest BCUT2D eigenvalue weighted by Crippen LogP contribution is -2.01. The molecule has 10 rings (SSSR count). The van der Waals surface area contributed by atoms with Crippen LogP contribution in [-0.2, 0) is 0 Å². The molecule has 0 aliphatic rings. The van der Waals surface area contributed by atoms with E-state index in [-0.39, 0.29) is 0 Å². The van der Waals surface area contributed by atoms with Crippen LogP contribution in [-0.4, -0.2) is 19.9 Å². The van der Waals surface area contributed by atoms with E-state index in [1.807, 2.05) is 24.3 Å². The maximum atomic E-state index is 5.37. The molecule has 3 heterocycles. The lowest BCUT2D eigenvalue weighted by Gasteiger charge is -2.13. The highest BCUT2D eigenvalue weighted by Gasteiger charge is 2.23. The van der Waals surface area contributed by atoms with Gasteiger partial charge in [-0.3, -0.25) is 0 Å². The number of nitrogens with zero attached hydrogens (tertiary/aromatic N) is 4. The summed E-state index contributed by atoms with van der Waals surface area (Å²) in [6.45, 7) is 0. The third-order valence-electron chi connectivity index (χ3n) is 8.95. The number of hydrogen-bond acceptors (Lipinski definition) is 6. The Kier molecular flexibility index (Phi) is 6.19. The molecule has 0 aliphatic heterocycles. The molecule has 7 aromatic carbocycles. The molecule has 0 saturated carbocycles. The van der Waals surface area contributed by atoms with Crippen molar-refractivity contribution in [2.24, 2.45) is 0 Å². The van der Waals surface area contributed by atoms with Crippen LogP contribution >= 0.6 is 22.7 Å².